The number of halogens is 1. The Bertz CT molecular complexity index is 1280. The summed E-state index contributed by atoms with van der Waals surface area (Å²) in [5, 5.41) is 9.14. The van der Waals surface area contributed by atoms with E-state index in [4.69, 9.17) is 5.11 Å². The van der Waals surface area contributed by atoms with Crippen molar-refractivity contribution in [3.63, 3.8) is 0 Å². The molecule has 0 bridgehead atoms. The van der Waals surface area contributed by atoms with Gasteiger partial charge in [-0.3, -0.25) is 0 Å². The third-order valence-electron chi connectivity index (χ3n) is 6.33. The van der Waals surface area contributed by atoms with Crippen molar-refractivity contribution in [3.05, 3.63) is 66.2 Å². The van der Waals surface area contributed by atoms with E-state index in [-0.39, 0.29) is 29.3 Å². The van der Waals surface area contributed by atoms with E-state index in [1.165, 1.54) is 13.1 Å². The fourth-order valence-corrected chi connectivity index (χ4v) is 5.49. The largest absolute Gasteiger partial charge is 0.395 e. The summed E-state index contributed by atoms with van der Waals surface area (Å²) in [6.45, 7) is 0.448. The lowest BCUT2D eigenvalue weighted by atomic mass is 9.99. The second kappa shape index (κ2) is 7.61. The zero-order chi connectivity index (χ0) is 22.5. The minimum Gasteiger partial charge on any atom is -0.395 e. The van der Waals surface area contributed by atoms with Crippen LogP contribution in [0.5, 0.6) is 0 Å². The quantitative estimate of drug-likeness (QED) is 0.616. The van der Waals surface area contributed by atoms with Crippen molar-refractivity contribution in [2.45, 2.75) is 23.2 Å². The molecule has 0 atom stereocenters. The molecule has 9 heteroatoms. The molecule has 2 heterocycles. The SMILES string of the molecule is CN(CCO)S(=O)(=O)c1ccc2c(c1)N(c1ncc(-c3ccccc3F)cn1)CC21CC1. The van der Waals surface area contributed by atoms with Gasteiger partial charge in [-0.1, -0.05) is 24.3 Å². The van der Waals surface area contributed by atoms with Crippen molar-refractivity contribution in [1.82, 2.24) is 14.3 Å². The summed E-state index contributed by atoms with van der Waals surface area (Å²) in [6.07, 6.45) is 5.24. The average molecular weight is 455 g/mol. The minimum atomic E-state index is -3.73. The number of hydrogen-bond donors (Lipinski definition) is 1. The molecule has 1 aliphatic heterocycles. The summed E-state index contributed by atoms with van der Waals surface area (Å²) >= 11 is 0. The fourth-order valence-electron chi connectivity index (χ4n) is 4.31. The van der Waals surface area contributed by atoms with Gasteiger partial charge < -0.3 is 10.0 Å². The number of aliphatic hydroxyl groups excluding tert-OH is 1. The number of aliphatic hydroxyl groups is 1. The Morgan fingerprint density at radius 1 is 1.16 bits per heavy atom. The van der Waals surface area contributed by atoms with Crippen LogP contribution in [0, 0.1) is 5.82 Å². The zero-order valence-electron chi connectivity index (χ0n) is 17.6. The molecule has 1 spiro atoms. The molecule has 0 radical (unpaired) electrons. The maximum absolute atomic E-state index is 14.1. The Morgan fingerprint density at radius 3 is 2.53 bits per heavy atom. The first-order chi connectivity index (χ1) is 15.4. The second-order valence-corrected chi connectivity index (χ2v) is 10.4. The van der Waals surface area contributed by atoms with Gasteiger partial charge in [0.05, 0.1) is 11.5 Å². The maximum atomic E-state index is 14.1. The van der Waals surface area contributed by atoms with E-state index in [1.807, 2.05) is 11.0 Å². The highest BCUT2D eigenvalue weighted by Gasteiger charge is 2.52. The summed E-state index contributed by atoms with van der Waals surface area (Å²) in [5.41, 5.74) is 2.89. The lowest BCUT2D eigenvalue weighted by Gasteiger charge is -2.20. The summed E-state index contributed by atoms with van der Waals surface area (Å²) in [7, 11) is -2.28. The number of likely N-dealkylation sites (N-methyl/N-ethyl adjacent to an activating group) is 1. The van der Waals surface area contributed by atoms with Gasteiger partial charge in [-0.25, -0.2) is 22.8 Å². The monoisotopic (exact) mass is 454 g/mol. The third kappa shape index (κ3) is 3.37. The van der Waals surface area contributed by atoms with Crippen LogP contribution in [0.15, 0.2) is 59.8 Å². The summed E-state index contributed by atoms with van der Waals surface area (Å²) in [4.78, 5) is 11.1. The number of benzene rings is 2. The van der Waals surface area contributed by atoms with Crippen LogP contribution in [-0.4, -0.2) is 54.5 Å². The van der Waals surface area contributed by atoms with E-state index in [2.05, 4.69) is 9.97 Å². The predicted octanol–water partition coefficient (Wildman–Crippen LogP) is 3.08. The summed E-state index contributed by atoms with van der Waals surface area (Å²) in [5.74, 6) is 0.113. The molecule has 32 heavy (non-hydrogen) atoms. The van der Waals surface area contributed by atoms with E-state index in [0.29, 0.717) is 23.6 Å². The number of rotatable bonds is 6. The molecule has 5 rings (SSSR count). The first kappa shape index (κ1) is 21.0. The molecule has 0 amide bonds. The van der Waals surface area contributed by atoms with Gasteiger partial charge in [-0.15, -0.1) is 0 Å². The van der Waals surface area contributed by atoms with Gasteiger partial charge in [-0.05, 0) is 36.6 Å². The highest BCUT2D eigenvalue weighted by atomic mass is 32.2. The normalized spacial score (nSPS) is 16.6. The number of aromatic nitrogens is 2. The molecule has 1 aliphatic carbocycles. The standard InChI is InChI=1S/C23H23FN4O3S/c1-27(10-11-29)32(30,31)17-6-7-19-21(12-17)28(15-23(19)8-9-23)22-25-13-16(14-26-22)18-4-2-3-5-20(18)24/h2-7,12-14,29H,8-11,15H2,1H3. The Balaban J connectivity index is 1.52. The van der Waals surface area contributed by atoms with Gasteiger partial charge >= 0.3 is 0 Å². The number of fused-ring (bicyclic) bond motifs is 2. The van der Waals surface area contributed by atoms with Crippen LogP contribution in [0.3, 0.4) is 0 Å². The van der Waals surface area contributed by atoms with Gasteiger partial charge in [-0.2, -0.15) is 4.31 Å². The Labute approximate surface area is 186 Å². The lowest BCUT2D eigenvalue weighted by Crippen LogP contribution is -2.29. The Hall–Kier alpha value is -2.88. The predicted molar refractivity (Wildman–Crippen MR) is 119 cm³/mol. The van der Waals surface area contributed by atoms with Crippen molar-refractivity contribution < 1.29 is 17.9 Å². The van der Waals surface area contributed by atoms with Gasteiger partial charge in [0.25, 0.3) is 0 Å². The smallest absolute Gasteiger partial charge is 0.242 e. The van der Waals surface area contributed by atoms with E-state index in [0.717, 1.165) is 28.4 Å². The van der Waals surface area contributed by atoms with Crippen molar-refractivity contribution in [2.75, 3.05) is 31.6 Å². The molecular formula is C23H23FN4O3S. The minimum absolute atomic E-state index is 0.00218. The third-order valence-corrected chi connectivity index (χ3v) is 8.19. The Morgan fingerprint density at radius 2 is 1.88 bits per heavy atom. The van der Waals surface area contributed by atoms with E-state index < -0.39 is 10.0 Å². The molecule has 7 nitrogen and oxygen atoms in total. The van der Waals surface area contributed by atoms with E-state index in [9.17, 15) is 12.8 Å². The molecule has 2 aliphatic rings. The molecule has 1 fully saturated rings. The number of nitrogens with zero attached hydrogens (tertiary/aromatic N) is 4. The second-order valence-electron chi connectivity index (χ2n) is 8.35. The van der Waals surface area contributed by atoms with Crippen LogP contribution >= 0.6 is 0 Å². The molecule has 0 unspecified atom stereocenters. The highest BCUT2D eigenvalue weighted by molar-refractivity contribution is 7.89. The van der Waals surface area contributed by atoms with Crippen LogP contribution in [0.25, 0.3) is 11.1 Å². The first-order valence-electron chi connectivity index (χ1n) is 10.4. The maximum Gasteiger partial charge on any atom is 0.242 e. The van der Waals surface area contributed by atoms with Crippen LogP contribution in [0.4, 0.5) is 16.0 Å². The molecule has 166 valence electrons. The van der Waals surface area contributed by atoms with E-state index in [1.54, 1.807) is 42.7 Å². The number of anilines is 2. The summed E-state index contributed by atoms with van der Waals surface area (Å²) in [6, 6.07) is 11.7. The van der Waals surface area contributed by atoms with E-state index >= 15 is 0 Å². The van der Waals surface area contributed by atoms with Gasteiger partial charge in [0.15, 0.2) is 0 Å². The van der Waals surface area contributed by atoms with Gasteiger partial charge in [0.1, 0.15) is 5.82 Å². The number of sulfonamides is 1. The highest BCUT2D eigenvalue weighted by Crippen LogP contribution is 2.58. The molecule has 1 N–H and O–H groups in total. The average Bonchev–Trinajstić information content (AvgIpc) is 3.51. The topological polar surface area (TPSA) is 86.6 Å². The molecule has 3 aromatic rings. The van der Waals surface area contributed by atoms with Crippen molar-refractivity contribution in [2.24, 2.45) is 0 Å². The van der Waals surface area contributed by atoms with Gasteiger partial charge in [0.2, 0.25) is 16.0 Å². The van der Waals surface area contributed by atoms with Crippen LogP contribution in [0.2, 0.25) is 0 Å². The van der Waals surface area contributed by atoms with Gasteiger partial charge in [0, 0.05) is 54.8 Å². The van der Waals surface area contributed by atoms with Crippen molar-refractivity contribution in [1.29, 1.82) is 0 Å². The molecule has 2 aromatic carbocycles. The van der Waals surface area contributed by atoms with Crippen molar-refractivity contribution in [3.8, 4) is 11.1 Å². The van der Waals surface area contributed by atoms with Crippen LogP contribution in [0.1, 0.15) is 18.4 Å². The molecule has 0 saturated heterocycles. The number of hydrogen-bond acceptors (Lipinski definition) is 6. The van der Waals surface area contributed by atoms with Crippen molar-refractivity contribution >= 4 is 21.7 Å². The molecular weight excluding hydrogens is 431 g/mol. The summed E-state index contributed by atoms with van der Waals surface area (Å²) < 4.78 is 41.1. The van der Waals surface area contributed by atoms with Crippen LogP contribution < -0.4 is 4.90 Å². The first-order valence-corrected chi connectivity index (χ1v) is 11.9. The Kier molecular flexibility index (Phi) is 4.99. The fraction of sp³-hybridized carbons (Fsp3) is 0.304. The molecule has 1 aromatic heterocycles. The van der Waals surface area contributed by atoms with Crippen LogP contribution in [-0.2, 0) is 15.4 Å². The molecule has 1 saturated carbocycles. The zero-order valence-corrected chi connectivity index (χ0v) is 18.4. The lowest BCUT2D eigenvalue weighted by molar-refractivity contribution is 0.266.